The second-order valence-electron chi connectivity index (χ2n) is 6.18. The Morgan fingerprint density at radius 1 is 1.19 bits per heavy atom. The lowest BCUT2D eigenvalue weighted by Crippen LogP contribution is -2.37. The molecule has 0 aromatic carbocycles. The van der Waals surface area contributed by atoms with Crippen LogP contribution in [0.4, 0.5) is 0 Å². The molecule has 1 aliphatic heterocycles. The first-order valence-corrected chi connectivity index (χ1v) is 10.5. The number of aliphatic imine (C=N–C) groups is 1. The normalized spacial score (nSPS) is 17.3. The summed E-state index contributed by atoms with van der Waals surface area (Å²) in [6, 6.07) is 9.32. The summed E-state index contributed by atoms with van der Waals surface area (Å²) in [6.45, 7) is 0. The van der Waals surface area contributed by atoms with Gasteiger partial charge in [-0.05, 0) is 52.6 Å². The van der Waals surface area contributed by atoms with Crippen LogP contribution in [0.2, 0.25) is 0 Å². The maximum Gasteiger partial charge on any atom is 0.246 e. The molecule has 7 heteroatoms. The topological polar surface area (TPSA) is 67.2 Å². The van der Waals surface area contributed by atoms with Crippen LogP contribution in [0.25, 0.3) is 0 Å². The van der Waals surface area contributed by atoms with E-state index in [1.54, 1.807) is 41.7 Å². The molecule has 1 amide bonds. The third kappa shape index (κ3) is 4.43. The van der Waals surface area contributed by atoms with E-state index in [4.69, 9.17) is 0 Å². The van der Waals surface area contributed by atoms with E-state index in [0.29, 0.717) is 5.75 Å². The van der Waals surface area contributed by atoms with Crippen molar-refractivity contribution >= 4 is 34.0 Å². The lowest BCUT2D eigenvalue weighted by molar-refractivity contribution is -0.122. The van der Waals surface area contributed by atoms with Crippen LogP contribution in [0.15, 0.2) is 70.9 Å². The van der Waals surface area contributed by atoms with Gasteiger partial charge in [0.05, 0.1) is 11.1 Å². The van der Waals surface area contributed by atoms with E-state index < -0.39 is 0 Å². The number of carbonyl (C=O) groups is 1. The van der Waals surface area contributed by atoms with Gasteiger partial charge in [-0.15, -0.1) is 11.8 Å². The molecule has 0 saturated carbocycles. The molecule has 0 fully saturated rings. The number of hydrogen-bond acceptors (Lipinski definition) is 6. The number of pyridine rings is 2. The van der Waals surface area contributed by atoms with E-state index in [2.05, 4.69) is 37.1 Å². The number of nitrogens with zero attached hydrogens (tertiary/aromatic N) is 3. The summed E-state index contributed by atoms with van der Waals surface area (Å²) < 4.78 is 0. The molecule has 136 valence electrons. The minimum absolute atomic E-state index is 0.0457. The Labute approximate surface area is 166 Å². The molecule has 0 radical (unpaired) electrons. The average molecular weight is 395 g/mol. The third-order valence-corrected chi connectivity index (χ3v) is 6.13. The Bertz CT molecular complexity index is 914. The van der Waals surface area contributed by atoms with Crippen molar-refractivity contribution in [3.05, 3.63) is 82.6 Å². The van der Waals surface area contributed by atoms with Crippen molar-refractivity contribution in [2.45, 2.75) is 18.5 Å². The molecule has 4 rings (SSSR count). The highest BCUT2D eigenvalue weighted by Crippen LogP contribution is 2.25. The van der Waals surface area contributed by atoms with Crippen LogP contribution in [-0.4, -0.2) is 32.7 Å². The maximum absolute atomic E-state index is 12.9. The van der Waals surface area contributed by atoms with E-state index in [0.717, 1.165) is 22.6 Å². The van der Waals surface area contributed by atoms with Crippen molar-refractivity contribution in [1.29, 1.82) is 0 Å². The SMILES string of the molecule is O=C(N[C@@H](Cc1ccsc1)c1cccnc1)[C@H]1CSC(c2ccncc2)=N1. The van der Waals surface area contributed by atoms with E-state index in [-0.39, 0.29) is 18.0 Å². The molecule has 4 heterocycles. The Morgan fingerprint density at radius 3 is 2.81 bits per heavy atom. The zero-order valence-electron chi connectivity index (χ0n) is 14.5. The zero-order valence-corrected chi connectivity index (χ0v) is 16.1. The van der Waals surface area contributed by atoms with Gasteiger partial charge in [-0.2, -0.15) is 11.3 Å². The molecule has 3 aromatic heterocycles. The smallest absolute Gasteiger partial charge is 0.246 e. The van der Waals surface area contributed by atoms with Gasteiger partial charge in [0.1, 0.15) is 6.04 Å². The third-order valence-electron chi connectivity index (χ3n) is 4.30. The molecular formula is C20H18N4OS2. The summed E-state index contributed by atoms with van der Waals surface area (Å²) in [4.78, 5) is 25.7. The molecule has 0 bridgehead atoms. The number of rotatable bonds is 6. The molecule has 0 spiro atoms. The zero-order chi connectivity index (χ0) is 18.5. The van der Waals surface area contributed by atoms with E-state index >= 15 is 0 Å². The fraction of sp³-hybridized carbons (Fsp3) is 0.200. The molecule has 1 aliphatic rings. The van der Waals surface area contributed by atoms with Crippen LogP contribution < -0.4 is 5.32 Å². The van der Waals surface area contributed by atoms with Crippen LogP contribution in [0.1, 0.15) is 22.7 Å². The Morgan fingerprint density at radius 2 is 2.07 bits per heavy atom. The first-order chi connectivity index (χ1) is 13.3. The minimum atomic E-state index is -0.375. The predicted molar refractivity (Wildman–Crippen MR) is 110 cm³/mol. The number of aromatic nitrogens is 2. The van der Waals surface area contributed by atoms with E-state index in [1.807, 2.05) is 30.5 Å². The van der Waals surface area contributed by atoms with Gasteiger partial charge in [0.15, 0.2) is 0 Å². The second kappa shape index (κ2) is 8.45. The number of carbonyl (C=O) groups excluding carboxylic acids is 1. The number of amides is 1. The van der Waals surface area contributed by atoms with Crippen molar-refractivity contribution in [1.82, 2.24) is 15.3 Å². The molecule has 0 saturated heterocycles. The molecular weight excluding hydrogens is 376 g/mol. The maximum atomic E-state index is 12.9. The van der Waals surface area contributed by atoms with Gasteiger partial charge in [0.25, 0.3) is 0 Å². The van der Waals surface area contributed by atoms with E-state index in [1.165, 1.54) is 5.56 Å². The van der Waals surface area contributed by atoms with Gasteiger partial charge < -0.3 is 5.32 Å². The number of nitrogens with one attached hydrogen (secondary N) is 1. The fourth-order valence-corrected chi connectivity index (χ4v) is 4.64. The number of thiophene rings is 1. The van der Waals surface area contributed by atoms with Crippen LogP contribution in [-0.2, 0) is 11.2 Å². The van der Waals surface area contributed by atoms with Crippen molar-refractivity contribution < 1.29 is 4.79 Å². The van der Waals surface area contributed by atoms with Crippen LogP contribution >= 0.6 is 23.1 Å². The predicted octanol–water partition coefficient (Wildman–Crippen LogP) is 3.50. The van der Waals surface area contributed by atoms with Crippen LogP contribution in [0.3, 0.4) is 0 Å². The minimum Gasteiger partial charge on any atom is -0.347 e. The van der Waals surface area contributed by atoms with Crippen molar-refractivity contribution in [3.8, 4) is 0 Å². The Balaban J connectivity index is 1.49. The average Bonchev–Trinajstić information content (AvgIpc) is 3.41. The molecule has 0 aliphatic carbocycles. The molecule has 1 N–H and O–H groups in total. The summed E-state index contributed by atoms with van der Waals surface area (Å²) in [7, 11) is 0. The summed E-state index contributed by atoms with van der Waals surface area (Å²) >= 11 is 3.27. The van der Waals surface area contributed by atoms with Crippen molar-refractivity contribution in [2.24, 2.45) is 4.99 Å². The molecule has 5 nitrogen and oxygen atoms in total. The van der Waals surface area contributed by atoms with Crippen molar-refractivity contribution in [2.75, 3.05) is 5.75 Å². The molecule has 0 unspecified atom stereocenters. The fourth-order valence-electron chi connectivity index (χ4n) is 2.91. The van der Waals surface area contributed by atoms with Gasteiger partial charge in [0.2, 0.25) is 5.91 Å². The summed E-state index contributed by atoms with van der Waals surface area (Å²) in [5, 5.41) is 8.24. The monoisotopic (exact) mass is 394 g/mol. The van der Waals surface area contributed by atoms with Crippen LogP contribution in [0, 0.1) is 0 Å². The largest absolute Gasteiger partial charge is 0.347 e. The van der Waals surface area contributed by atoms with Gasteiger partial charge in [-0.1, -0.05) is 6.07 Å². The summed E-state index contributed by atoms with van der Waals surface area (Å²) in [5.74, 6) is 0.609. The Hall–Kier alpha value is -2.51. The van der Waals surface area contributed by atoms with E-state index in [9.17, 15) is 4.79 Å². The van der Waals surface area contributed by atoms with Gasteiger partial charge in [-0.25, -0.2) is 0 Å². The number of thioether (sulfide) groups is 1. The molecule has 2 atom stereocenters. The highest BCUT2D eigenvalue weighted by atomic mass is 32.2. The second-order valence-corrected chi connectivity index (χ2v) is 7.97. The van der Waals surface area contributed by atoms with Gasteiger partial charge in [-0.3, -0.25) is 19.8 Å². The first-order valence-electron chi connectivity index (χ1n) is 8.62. The summed E-state index contributed by atoms with van der Waals surface area (Å²) in [6.07, 6.45) is 7.77. The van der Waals surface area contributed by atoms with Crippen LogP contribution in [0.5, 0.6) is 0 Å². The van der Waals surface area contributed by atoms with Crippen molar-refractivity contribution in [3.63, 3.8) is 0 Å². The highest BCUT2D eigenvalue weighted by molar-refractivity contribution is 8.14. The molecule has 3 aromatic rings. The highest BCUT2D eigenvalue weighted by Gasteiger charge is 2.28. The number of hydrogen-bond donors (Lipinski definition) is 1. The lowest BCUT2D eigenvalue weighted by atomic mass is 10.0. The van der Waals surface area contributed by atoms with Gasteiger partial charge in [0, 0.05) is 36.1 Å². The molecule has 27 heavy (non-hydrogen) atoms. The summed E-state index contributed by atoms with van der Waals surface area (Å²) in [5.41, 5.74) is 3.21. The lowest BCUT2D eigenvalue weighted by Gasteiger charge is -2.20. The first kappa shape index (κ1) is 17.9. The standard InChI is InChI=1S/C20H18N4OS2/c25-19(18-13-27-20(24-18)15-3-7-21-8-4-15)23-17(10-14-5-9-26-12-14)16-2-1-6-22-11-16/h1-9,11-12,17-18H,10,13H2,(H,23,25)/t17-,18+/m0/s1. The van der Waals surface area contributed by atoms with Gasteiger partial charge >= 0.3 is 0 Å². The quantitative estimate of drug-likeness (QED) is 0.695. The Kier molecular flexibility index (Phi) is 5.60.